The van der Waals surface area contributed by atoms with Gasteiger partial charge in [-0.05, 0) is 30.5 Å². The van der Waals surface area contributed by atoms with Crippen molar-refractivity contribution in [2.75, 3.05) is 38.7 Å². The zero-order valence-electron chi connectivity index (χ0n) is 13.8. The van der Waals surface area contributed by atoms with Crippen LogP contribution in [-0.2, 0) is 17.7 Å². The number of thiazole rings is 1. The van der Waals surface area contributed by atoms with E-state index < -0.39 is 0 Å². The topological polar surface area (TPSA) is 41.5 Å². The summed E-state index contributed by atoms with van der Waals surface area (Å²) in [6, 6.07) is 4.27. The number of anilines is 1. The first-order valence-electron chi connectivity index (χ1n) is 8.04. The molecule has 0 aromatic carbocycles. The van der Waals surface area contributed by atoms with Crippen LogP contribution >= 0.6 is 11.3 Å². The number of hydrogen-bond acceptors (Lipinski definition) is 6. The van der Waals surface area contributed by atoms with Crippen molar-refractivity contribution in [3.05, 3.63) is 40.5 Å². The molecule has 5 nitrogen and oxygen atoms in total. The van der Waals surface area contributed by atoms with Crippen molar-refractivity contribution in [3.63, 3.8) is 0 Å². The molecule has 1 aliphatic heterocycles. The first-order chi connectivity index (χ1) is 11.2. The van der Waals surface area contributed by atoms with Crippen molar-refractivity contribution >= 4 is 17.2 Å². The summed E-state index contributed by atoms with van der Waals surface area (Å²) in [5.41, 5.74) is 3.23. The molecule has 0 aliphatic carbocycles. The fraction of sp³-hybridized carbons (Fsp3) is 0.529. The molecule has 23 heavy (non-hydrogen) atoms. The van der Waals surface area contributed by atoms with Crippen molar-refractivity contribution in [3.8, 4) is 0 Å². The Labute approximate surface area is 141 Å². The van der Waals surface area contributed by atoms with Crippen LogP contribution in [0, 0.1) is 0 Å². The number of morpholine rings is 1. The number of aromatic nitrogens is 2. The highest BCUT2D eigenvalue weighted by atomic mass is 32.1. The molecule has 0 spiro atoms. The SMILES string of the molecule is CN(C)c1cc(CC[C@@H]2CN(Cc3cncs3)CCO2)ccn1. The molecule has 0 saturated carbocycles. The molecule has 0 unspecified atom stereocenters. The summed E-state index contributed by atoms with van der Waals surface area (Å²) in [6.07, 6.45) is 6.25. The molecule has 0 bridgehead atoms. The summed E-state index contributed by atoms with van der Waals surface area (Å²) in [7, 11) is 4.04. The maximum absolute atomic E-state index is 5.95. The van der Waals surface area contributed by atoms with Crippen molar-refractivity contribution in [1.29, 1.82) is 0 Å². The highest BCUT2D eigenvalue weighted by Gasteiger charge is 2.20. The van der Waals surface area contributed by atoms with Crippen molar-refractivity contribution < 1.29 is 4.74 Å². The van der Waals surface area contributed by atoms with Crippen molar-refractivity contribution in [1.82, 2.24) is 14.9 Å². The fourth-order valence-electron chi connectivity index (χ4n) is 2.83. The third-order valence-electron chi connectivity index (χ3n) is 4.11. The first kappa shape index (κ1) is 16.4. The molecule has 6 heteroatoms. The van der Waals surface area contributed by atoms with E-state index >= 15 is 0 Å². The maximum Gasteiger partial charge on any atom is 0.128 e. The minimum atomic E-state index is 0.313. The van der Waals surface area contributed by atoms with Gasteiger partial charge in [-0.3, -0.25) is 9.88 Å². The monoisotopic (exact) mass is 332 g/mol. The molecule has 1 saturated heterocycles. The second kappa shape index (κ2) is 7.86. The molecule has 2 aromatic heterocycles. The number of aryl methyl sites for hydroxylation is 1. The van der Waals surface area contributed by atoms with E-state index in [1.165, 1.54) is 10.4 Å². The fourth-order valence-corrected chi connectivity index (χ4v) is 3.46. The van der Waals surface area contributed by atoms with Crippen molar-refractivity contribution in [2.45, 2.75) is 25.5 Å². The Bertz CT molecular complexity index is 602. The largest absolute Gasteiger partial charge is 0.376 e. The highest BCUT2D eigenvalue weighted by Crippen LogP contribution is 2.17. The van der Waals surface area contributed by atoms with E-state index in [9.17, 15) is 0 Å². The Morgan fingerprint density at radius 3 is 3.13 bits per heavy atom. The van der Waals surface area contributed by atoms with Gasteiger partial charge >= 0.3 is 0 Å². The number of rotatable bonds is 6. The number of nitrogens with zero attached hydrogens (tertiary/aromatic N) is 4. The van der Waals surface area contributed by atoms with Crippen LogP contribution in [0.4, 0.5) is 5.82 Å². The molecule has 1 aliphatic rings. The van der Waals surface area contributed by atoms with E-state index in [0.29, 0.717) is 6.10 Å². The van der Waals surface area contributed by atoms with Gasteiger partial charge in [0.1, 0.15) is 5.82 Å². The Morgan fingerprint density at radius 1 is 1.43 bits per heavy atom. The Balaban J connectivity index is 1.50. The number of ether oxygens (including phenoxy) is 1. The molecule has 1 fully saturated rings. The van der Waals surface area contributed by atoms with Gasteiger partial charge in [0, 0.05) is 51.0 Å². The Hall–Kier alpha value is -1.50. The smallest absolute Gasteiger partial charge is 0.128 e. The zero-order chi connectivity index (χ0) is 16.1. The van der Waals surface area contributed by atoms with Crippen LogP contribution in [0.15, 0.2) is 30.0 Å². The summed E-state index contributed by atoms with van der Waals surface area (Å²) >= 11 is 1.73. The second-order valence-electron chi connectivity index (χ2n) is 6.15. The van der Waals surface area contributed by atoms with Crippen LogP contribution in [0.2, 0.25) is 0 Å². The van der Waals surface area contributed by atoms with Gasteiger partial charge in [-0.1, -0.05) is 0 Å². The van der Waals surface area contributed by atoms with Gasteiger partial charge in [0.2, 0.25) is 0 Å². The molecule has 0 radical (unpaired) electrons. The molecule has 2 aromatic rings. The Kier molecular flexibility index (Phi) is 5.59. The molecule has 1 atom stereocenters. The van der Waals surface area contributed by atoms with Crippen LogP contribution in [-0.4, -0.2) is 54.8 Å². The number of hydrogen-bond donors (Lipinski definition) is 0. The number of pyridine rings is 1. The molecule has 124 valence electrons. The van der Waals surface area contributed by atoms with E-state index in [-0.39, 0.29) is 0 Å². The van der Waals surface area contributed by atoms with E-state index in [4.69, 9.17) is 4.74 Å². The maximum atomic E-state index is 5.95. The van der Waals surface area contributed by atoms with Gasteiger partial charge < -0.3 is 9.64 Å². The van der Waals surface area contributed by atoms with Crippen LogP contribution in [0.1, 0.15) is 16.9 Å². The molecule has 0 amide bonds. The average molecular weight is 332 g/mol. The molecule has 3 rings (SSSR count). The molecule has 0 N–H and O–H groups in total. The standard InChI is InChI=1S/C17H24N4OS/c1-20(2)17-9-14(5-6-19-17)3-4-15-11-21(7-8-22-15)12-16-10-18-13-23-16/h5-6,9-10,13,15H,3-4,7-8,11-12H2,1-2H3/t15-/m1/s1. The van der Waals surface area contributed by atoms with Gasteiger partial charge in [0.25, 0.3) is 0 Å². The summed E-state index contributed by atoms with van der Waals surface area (Å²) in [5.74, 6) is 1.01. The highest BCUT2D eigenvalue weighted by molar-refractivity contribution is 7.09. The van der Waals surface area contributed by atoms with Crippen molar-refractivity contribution in [2.24, 2.45) is 0 Å². The minimum absolute atomic E-state index is 0.313. The average Bonchev–Trinajstić information content (AvgIpc) is 3.06. The molecular weight excluding hydrogens is 308 g/mol. The van der Waals surface area contributed by atoms with Gasteiger partial charge in [0.05, 0.1) is 18.2 Å². The lowest BCUT2D eigenvalue weighted by atomic mass is 10.1. The molecular formula is C17H24N4OS. The van der Waals surface area contributed by atoms with Crippen LogP contribution in [0.25, 0.3) is 0 Å². The lowest BCUT2D eigenvalue weighted by Gasteiger charge is -2.32. The quantitative estimate of drug-likeness (QED) is 0.813. The van der Waals surface area contributed by atoms with Gasteiger partial charge in [0.15, 0.2) is 0 Å². The van der Waals surface area contributed by atoms with E-state index in [1.807, 2.05) is 36.9 Å². The van der Waals surface area contributed by atoms with E-state index in [0.717, 1.165) is 44.9 Å². The third-order valence-corrected chi connectivity index (χ3v) is 4.87. The third kappa shape index (κ3) is 4.73. The van der Waals surface area contributed by atoms with Gasteiger partial charge in [-0.25, -0.2) is 4.98 Å². The van der Waals surface area contributed by atoms with Gasteiger partial charge in [-0.15, -0.1) is 11.3 Å². The van der Waals surface area contributed by atoms with Gasteiger partial charge in [-0.2, -0.15) is 0 Å². The van der Waals surface area contributed by atoms with Crippen LogP contribution < -0.4 is 4.90 Å². The van der Waals surface area contributed by atoms with Crippen LogP contribution in [0.3, 0.4) is 0 Å². The molecule has 3 heterocycles. The summed E-state index contributed by atoms with van der Waals surface area (Å²) in [4.78, 5) is 14.4. The normalized spacial score (nSPS) is 19.0. The second-order valence-corrected chi connectivity index (χ2v) is 7.12. The van der Waals surface area contributed by atoms with Crippen LogP contribution in [0.5, 0.6) is 0 Å². The predicted octanol–water partition coefficient (Wildman–Crippen LogP) is 2.44. The Morgan fingerprint density at radius 2 is 2.35 bits per heavy atom. The van der Waals surface area contributed by atoms with E-state index in [2.05, 4.69) is 27.0 Å². The first-order valence-corrected chi connectivity index (χ1v) is 8.92. The minimum Gasteiger partial charge on any atom is -0.376 e. The lowest BCUT2D eigenvalue weighted by molar-refractivity contribution is -0.0342. The summed E-state index contributed by atoms with van der Waals surface area (Å²) in [5, 5.41) is 0. The zero-order valence-corrected chi connectivity index (χ0v) is 14.6. The van der Waals surface area contributed by atoms with E-state index in [1.54, 1.807) is 11.3 Å². The summed E-state index contributed by atoms with van der Waals surface area (Å²) in [6.45, 7) is 3.82. The lowest BCUT2D eigenvalue weighted by Crippen LogP contribution is -2.41. The summed E-state index contributed by atoms with van der Waals surface area (Å²) < 4.78 is 5.95. The predicted molar refractivity (Wildman–Crippen MR) is 94.0 cm³/mol.